The second-order valence-corrected chi connectivity index (χ2v) is 7.30. The van der Waals surface area contributed by atoms with Gasteiger partial charge < -0.3 is 9.47 Å². The first-order valence-corrected chi connectivity index (χ1v) is 9.66. The SMILES string of the molecule is COc1cc2c(cc1OC)/C(=N/Nc1nc(-c3ccc(C)cc3)cs1)CC2. The summed E-state index contributed by atoms with van der Waals surface area (Å²) in [7, 11) is 3.31. The number of benzene rings is 2. The molecule has 0 aliphatic heterocycles. The first-order chi connectivity index (χ1) is 13.2. The first-order valence-electron chi connectivity index (χ1n) is 8.78. The van der Waals surface area contributed by atoms with Crippen LogP contribution in [0, 0.1) is 6.92 Å². The Morgan fingerprint density at radius 2 is 1.78 bits per heavy atom. The molecule has 2 aromatic carbocycles. The van der Waals surface area contributed by atoms with Crippen LogP contribution in [-0.4, -0.2) is 24.9 Å². The molecule has 1 heterocycles. The summed E-state index contributed by atoms with van der Waals surface area (Å²) in [6.07, 6.45) is 1.83. The summed E-state index contributed by atoms with van der Waals surface area (Å²) in [4.78, 5) is 4.64. The maximum Gasteiger partial charge on any atom is 0.203 e. The molecule has 0 amide bonds. The average Bonchev–Trinajstić information content (AvgIpc) is 3.32. The number of nitrogens with one attached hydrogen (secondary N) is 1. The van der Waals surface area contributed by atoms with Gasteiger partial charge in [0.2, 0.25) is 5.13 Å². The van der Waals surface area contributed by atoms with Crippen molar-refractivity contribution in [2.24, 2.45) is 5.10 Å². The second-order valence-electron chi connectivity index (χ2n) is 6.44. The Kier molecular flexibility index (Phi) is 4.81. The average molecular weight is 379 g/mol. The van der Waals surface area contributed by atoms with Gasteiger partial charge in [0.1, 0.15) is 0 Å². The molecule has 1 N–H and O–H groups in total. The zero-order chi connectivity index (χ0) is 18.8. The van der Waals surface area contributed by atoms with Crippen molar-refractivity contribution in [3.63, 3.8) is 0 Å². The van der Waals surface area contributed by atoms with Gasteiger partial charge in [-0.15, -0.1) is 11.3 Å². The van der Waals surface area contributed by atoms with Crippen molar-refractivity contribution in [1.29, 1.82) is 0 Å². The van der Waals surface area contributed by atoms with Crippen LogP contribution in [0.15, 0.2) is 46.9 Å². The predicted octanol–water partition coefficient (Wildman–Crippen LogP) is 4.90. The summed E-state index contributed by atoms with van der Waals surface area (Å²) in [5.41, 5.74) is 9.78. The number of hydrogen-bond donors (Lipinski definition) is 1. The lowest BCUT2D eigenvalue weighted by Crippen LogP contribution is -2.01. The lowest BCUT2D eigenvalue weighted by Gasteiger charge is -2.10. The quantitative estimate of drug-likeness (QED) is 0.641. The number of aromatic nitrogens is 1. The molecular formula is C21H21N3O2S. The van der Waals surface area contributed by atoms with Crippen LogP contribution in [-0.2, 0) is 6.42 Å². The summed E-state index contributed by atoms with van der Waals surface area (Å²) >= 11 is 1.55. The van der Waals surface area contributed by atoms with Gasteiger partial charge >= 0.3 is 0 Å². The summed E-state index contributed by atoms with van der Waals surface area (Å²) < 4.78 is 10.8. The fraction of sp³-hybridized carbons (Fsp3) is 0.238. The molecule has 3 aromatic rings. The van der Waals surface area contributed by atoms with Crippen molar-refractivity contribution in [1.82, 2.24) is 4.98 Å². The monoisotopic (exact) mass is 379 g/mol. The minimum atomic E-state index is 0.724. The molecule has 0 radical (unpaired) electrons. The van der Waals surface area contributed by atoms with Crippen molar-refractivity contribution in [3.05, 3.63) is 58.5 Å². The Morgan fingerprint density at radius 3 is 2.52 bits per heavy atom. The number of fused-ring (bicyclic) bond motifs is 1. The highest BCUT2D eigenvalue weighted by Gasteiger charge is 2.21. The third kappa shape index (κ3) is 3.53. The summed E-state index contributed by atoms with van der Waals surface area (Å²) in [6.45, 7) is 2.08. The Bertz CT molecular complexity index is 993. The largest absolute Gasteiger partial charge is 0.493 e. The number of nitrogens with zero attached hydrogens (tertiary/aromatic N) is 2. The van der Waals surface area contributed by atoms with Crippen molar-refractivity contribution in [2.75, 3.05) is 19.6 Å². The third-order valence-corrected chi connectivity index (χ3v) is 5.44. The van der Waals surface area contributed by atoms with Gasteiger partial charge in [-0.3, -0.25) is 5.43 Å². The van der Waals surface area contributed by atoms with Gasteiger partial charge in [-0.2, -0.15) is 5.10 Å². The van der Waals surface area contributed by atoms with E-state index >= 15 is 0 Å². The molecule has 1 aliphatic rings. The normalized spacial score (nSPS) is 14.3. The molecular weight excluding hydrogens is 358 g/mol. The second kappa shape index (κ2) is 7.40. The Morgan fingerprint density at radius 1 is 1.04 bits per heavy atom. The van der Waals surface area contributed by atoms with E-state index in [9.17, 15) is 0 Å². The Labute approximate surface area is 162 Å². The van der Waals surface area contributed by atoms with Crippen LogP contribution in [0.1, 0.15) is 23.1 Å². The Balaban J connectivity index is 1.54. The van der Waals surface area contributed by atoms with Gasteiger partial charge in [0.25, 0.3) is 0 Å². The van der Waals surface area contributed by atoms with Crippen molar-refractivity contribution in [2.45, 2.75) is 19.8 Å². The van der Waals surface area contributed by atoms with Crippen LogP contribution in [0.4, 0.5) is 5.13 Å². The van der Waals surface area contributed by atoms with E-state index in [-0.39, 0.29) is 0 Å². The molecule has 138 valence electrons. The molecule has 1 aromatic heterocycles. The molecule has 6 heteroatoms. The van der Waals surface area contributed by atoms with Gasteiger partial charge in [-0.1, -0.05) is 29.8 Å². The molecule has 1 aliphatic carbocycles. The van der Waals surface area contributed by atoms with E-state index in [0.717, 1.165) is 52.0 Å². The zero-order valence-electron chi connectivity index (χ0n) is 15.6. The topological polar surface area (TPSA) is 55.7 Å². The van der Waals surface area contributed by atoms with E-state index in [2.05, 4.69) is 46.7 Å². The molecule has 0 unspecified atom stereocenters. The predicted molar refractivity (Wildman–Crippen MR) is 110 cm³/mol. The molecule has 0 saturated heterocycles. The van der Waals surface area contributed by atoms with Crippen LogP contribution >= 0.6 is 11.3 Å². The lowest BCUT2D eigenvalue weighted by molar-refractivity contribution is 0.354. The molecule has 27 heavy (non-hydrogen) atoms. The van der Waals surface area contributed by atoms with E-state index in [0.29, 0.717) is 0 Å². The molecule has 0 spiro atoms. The molecule has 0 atom stereocenters. The smallest absolute Gasteiger partial charge is 0.203 e. The highest BCUT2D eigenvalue weighted by Crippen LogP contribution is 2.35. The van der Waals surface area contributed by atoms with Gasteiger partial charge in [0, 0.05) is 16.5 Å². The van der Waals surface area contributed by atoms with Gasteiger partial charge in [0.15, 0.2) is 11.5 Å². The molecule has 0 fully saturated rings. The highest BCUT2D eigenvalue weighted by atomic mass is 32.1. The van der Waals surface area contributed by atoms with E-state index < -0.39 is 0 Å². The summed E-state index contributed by atoms with van der Waals surface area (Å²) in [5, 5.41) is 7.43. The number of rotatable bonds is 5. The maximum atomic E-state index is 5.42. The maximum absolute atomic E-state index is 5.42. The van der Waals surface area contributed by atoms with E-state index in [1.165, 1.54) is 11.1 Å². The molecule has 5 nitrogen and oxygen atoms in total. The number of hydrogen-bond acceptors (Lipinski definition) is 6. The van der Waals surface area contributed by atoms with Gasteiger partial charge in [-0.05, 0) is 37.5 Å². The number of aryl methyl sites for hydroxylation is 2. The number of thiazole rings is 1. The number of ether oxygens (including phenoxy) is 2. The van der Waals surface area contributed by atoms with Crippen LogP contribution in [0.3, 0.4) is 0 Å². The van der Waals surface area contributed by atoms with Crippen molar-refractivity contribution >= 4 is 22.2 Å². The number of hydrazone groups is 1. The van der Waals surface area contributed by atoms with Gasteiger partial charge in [-0.25, -0.2) is 4.98 Å². The molecule has 0 saturated carbocycles. The fourth-order valence-electron chi connectivity index (χ4n) is 3.20. The van der Waals surface area contributed by atoms with Gasteiger partial charge in [0.05, 0.1) is 25.6 Å². The number of anilines is 1. The van der Waals surface area contributed by atoms with E-state index in [1.54, 1.807) is 25.6 Å². The minimum Gasteiger partial charge on any atom is -0.493 e. The van der Waals surface area contributed by atoms with Crippen molar-refractivity contribution < 1.29 is 9.47 Å². The van der Waals surface area contributed by atoms with Crippen molar-refractivity contribution in [3.8, 4) is 22.8 Å². The van der Waals surface area contributed by atoms with Crippen LogP contribution in [0.25, 0.3) is 11.3 Å². The van der Waals surface area contributed by atoms with E-state index in [1.807, 2.05) is 17.5 Å². The molecule has 0 bridgehead atoms. The van der Waals surface area contributed by atoms with Crippen LogP contribution in [0.5, 0.6) is 11.5 Å². The van der Waals surface area contributed by atoms with Crippen LogP contribution < -0.4 is 14.9 Å². The summed E-state index contributed by atoms with van der Waals surface area (Å²) in [6, 6.07) is 12.4. The minimum absolute atomic E-state index is 0.724. The Hall–Kier alpha value is -2.86. The number of methoxy groups -OCH3 is 2. The van der Waals surface area contributed by atoms with Crippen LogP contribution in [0.2, 0.25) is 0 Å². The van der Waals surface area contributed by atoms with E-state index in [4.69, 9.17) is 9.47 Å². The first kappa shape index (κ1) is 17.5. The molecule has 4 rings (SSSR count). The fourth-order valence-corrected chi connectivity index (χ4v) is 3.86. The highest BCUT2D eigenvalue weighted by molar-refractivity contribution is 7.14. The lowest BCUT2D eigenvalue weighted by atomic mass is 10.1. The zero-order valence-corrected chi connectivity index (χ0v) is 16.4. The standard InChI is InChI=1S/C21H21N3O2S/c1-13-4-6-14(7-5-13)18-12-27-21(22-18)24-23-17-9-8-15-10-19(25-2)20(26-3)11-16(15)17/h4-7,10-12H,8-9H2,1-3H3,(H,22,24)/b23-17+. The third-order valence-electron chi connectivity index (χ3n) is 4.69. The summed E-state index contributed by atoms with van der Waals surface area (Å²) in [5.74, 6) is 1.48.